The van der Waals surface area contributed by atoms with E-state index in [1.165, 1.54) is 18.2 Å². The molecule has 90 valence electrons. The number of carbonyl (C=O) groups excluding carboxylic acids is 1. The quantitative estimate of drug-likeness (QED) is 0.787. The van der Waals surface area contributed by atoms with Crippen LogP contribution in [0.15, 0.2) is 4.99 Å². The zero-order valence-corrected chi connectivity index (χ0v) is 10.6. The number of rotatable bonds is 2. The summed E-state index contributed by atoms with van der Waals surface area (Å²) >= 11 is 1.54. The van der Waals surface area contributed by atoms with Crippen LogP contribution in [0.2, 0.25) is 0 Å². The van der Waals surface area contributed by atoms with Crippen molar-refractivity contribution in [1.29, 1.82) is 0 Å². The second kappa shape index (κ2) is 5.57. The second-order valence-electron chi connectivity index (χ2n) is 4.33. The molecule has 1 fully saturated rings. The summed E-state index contributed by atoms with van der Waals surface area (Å²) in [6, 6.07) is 0.417. The maximum atomic E-state index is 12.0. The summed E-state index contributed by atoms with van der Waals surface area (Å²) in [5, 5.41) is 4.10. The number of hydrogen-bond acceptors (Lipinski definition) is 4. The molecule has 0 spiro atoms. The molecule has 2 heterocycles. The van der Waals surface area contributed by atoms with Crippen LogP contribution in [0.5, 0.6) is 0 Å². The minimum absolute atomic E-state index is 0.258. The Morgan fingerprint density at radius 1 is 1.62 bits per heavy atom. The number of aliphatic imine (C=N–C) groups is 1. The van der Waals surface area contributed by atoms with Crippen LogP contribution in [-0.4, -0.2) is 47.4 Å². The van der Waals surface area contributed by atoms with Gasteiger partial charge in [0.15, 0.2) is 5.17 Å². The number of amidine groups is 1. The van der Waals surface area contributed by atoms with Gasteiger partial charge in [-0.05, 0) is 26.2 Å². The van der Waals surface area contributed by atoms with Crippen molar-refractivity contribution < 1.29 is 4.79 Å². The highest BCUT2D eigenvalue weighted by atomic mass is 32.2. The molecule has 4 nitrogen and oxygen atoms in total. The molecular formula is C11H19N3OS. The number of nitrogens with zero attached hydrogens (tertiary/aromatic N) is 2. The van der Waals surface area contributed by atoms with Crippen molar-refractivity contribution in [3.05, 3.63) is 0 Å². The van der Waals surface area contributed by atoms with Crippen LogP contribution in [0.4, 0.5) is 0 Å². The molecule has 1 N–H and O–H groups in total. The van der Waals surface area contributed by atoms with E-state index >= 15 is 0 Å². The number of carbonyl (C=O) groups is 1. The Kier molecular flexibility index (Phi) is 4.09. The van der Waals surface area contributed by atoms with Gasteiger partial charge in [0.2, 0.25) is 5.91 Å². The second-order valence-corrected chi connectivity index (χ2v) is 5.30. The molecule has 0 saturated carbocycles. The molecule has 0 aromatic rings. The van der Waals surface area contributed by atoms with Crippen molar-refractivity contribution in [3.63, 3.8) is 0 Å². The van der Waals surface area contributed by atoms with E-state index in [2.05, 4.69) is 17.2 Å². The van der Waals surface area contributed by atoms with Crippen molar-refractivity contribution in [2.24, 2.45) is 4.99 Å². The lowest BCUT2D eigenvalue weighted by Gasteiger charge is -2.33. The molecule has 2 aliphatic heterocycles. The maximum Gasteiger partial charge on any atom is 0.233 e. The number of piperidine rings is 1. The molecule has 16 heavy (non-hydrogen) atoms. The average molecular weight is 241 g/mol. The summed E-state index contributed by atoms with van der Waals surface area (Å²) in [6.45, 7) is 4.83. The Morgan fingerprint density at radius 2 is 2.50 bits per heavy atom. The fourth-order valence-corrected chi connectivity index (χ4v) is 2.97. The summed E-state index contributed by atoms with van der Waals surface area (Å²) < 4.78 is 0. The Morgan fingerprint density at radius 3 is 3.19 bits per heavy atom. The predicted octanol–water partition coefficient (Wildman–Crippen LogP) is 1.08. The van der Waals surface area contributed by atoms with Gasteiger partial charge in [0.1, 0.15) is 0 Å². The Bertz CT molecular complexity index is 293. The van der Waals surface area contributed by atoms with E-state index in [1.54, 1.807) is 0 Å². The third-order valence-corrected chi connectivity index (χ3v) is 4.04. The fourth-order valence-electron chi connectivity index (χ4n) is 2.15. The summed E-state index contributed by atoms with van der Waals surface area (Å²) in [7, 11) is 0. The van der Waals surface area contributed by atoms with Gasteiger partial charge in [0.05, 0.1) is 12.3 Å². The van der Waals surface area contributed by atoms with Gasteiger partial charge < -0.3 is 10.2 Å². The van der Waals surface area contributed by atoms with Crippen LogP contribution >= 0.6 is 11.8 Å². The van der Waals surface area contributed by atoms with E-state index in [9.17, 15) is 4.79 Å². The van der Waals surface area contributed by atoms with Crippen LogP contribution in [0.25, 0.3) is 0 Å². The molecule has 0 radical (unpaired) electrons. The van der Waals surface area contributed by atoms with Crippen molar-refractivity contribution in [2.45, 2.75) is 32.2 Å². The lowest BCUT2D eigenvalue weighted by molar-refractivity contribution is -0.131. The molecule has 1 unspecified atom stereocenters. The largest absolute Gasteiger partial charge is 0.363 e. The molecule has 1 atom stereocenters. The molecule has 0 aromatic heterocycles. The number of nitrogens with one attached hydrogen (secondary N) is 1. The monoisotopic (exact) mass is 241 g/mol. The van der Waals surface area contributed by atoms with E-state index in [1.807, 2.05) is 4.90 Å². The minimum Gasteiger partial charge on any atom is -0.363 e. The van der Waals surface area contributed by atoms with Gasteiger partial charge in [-0.25, -0.2) is 0 Å². The molecule has 2 rings (SSSR count). The van der Waals surface area contributed by atoms with E-state index < -0.39 is 0 Å². The van der Waals surface area contributed by atoms with E-state index in [4.69, 9.17) is 0 Å². The highest BCUT2D eigenvalue weighted by Gasteiger charge is 2.23. The van der Waals surface area contributed by atoms with Crippen molar-refractivity contribution in [2.75, 3.05) is 25.4 Å². The van der Waals surface area contributed by atoms with Crippen LogP contribution in [0, 0.1) is 0 Å². The minimum atomic E-state index is 0.258. The summed E-state index contributed by atoms with van der Waals surface area (Å²) in [5.74, 6) is 0.782. The molecule has 2 aliphatic rings. The smallest absolute Gasteiger partial charge is 0.233 e. The third-order valence-electron chi connectivity index (χ3n) is 3.10. The van der Waals surface area contributed by atoms with Gasteiger partial charge in [0, 0.05) is 19.1 Å². The molecule has 0 aromatic carbocycles. The normalized spacial score (nSPS) is 25.2. The maximum absolute atomic E-state index is 12.0. The SMILES string of the molecule is CC1CCCCN1C(=O)CSC1=NCCN1. The number of hydrogen-bond donors (Lipinski definition) is 1. The van der Waals surface area contributed by atoms with Crippen LogP contribution in [0.3, 0.4) is 0 Å². The molecule has 0 aliphatic carbocycles. The lowest BCUT2D eigenvalue weighted by Crippen LogP contribution is -2.43. The van der Waals surface area contributed by atoms with E-state index in [0.29, 0.717) is 11.8 Å². The molecule has 0 bridgehead atoms. The third kappa shape index (κ3) is 2.90. The van der Waals surface area contributed by atoms with E-state index in [0.717, 1.165) is 37.6 Å². The van der Waals surface area contributed by atoms with Crippen LogP contribution in [-0.2, 0) is 4.79 Å². The first-order valence-corrected chi connectivity index (χ1v) is 6.96. The number of likely N-dealkylation sites (tertiary alicyclic amines) is 1. The van der Waals surface area contributed by atoms with Gasteiger partial charge in [-0.2, -0.15) is 0 Å². The lowest BCUT2D eigenvalue weighted by atomic mass is 10.0. The van der Waals surface area contributed by atoms with Crippen molar-refractivity contribution >= 4 is 22.8 Å². The molecular weight excluding hydrogens is 222 g/mol. The Hall–Kier alpha value is -0.710. The Labute approximate surface area is 101 Å². The summed E-state index contributed by atoms with van der Waals surface area (Å²) in [6.07, 6.45) is 3.56. The summed E-state index contributed by atoms with van der Waals surface area (Å²) in [4.78, 5) is 18.3. The Balaban J connectivity index is 1.77. The first-order valence-electron chi connectivity index (χ1n) is 5.98. The fraction of sp³-hybridized carbons (Fsp3) is 0.818. The standard InChI is InChI=1S/C11H19N3OS/c1-9-4-2-3-7-14(9)10(15)8-16-11-12-5-6-13-11/h9H,2-8H2,1H3,(H,12,13). The van der Waals surface area contributed by atoms with Crippen LogP contribution in [0.1, 0.15) is 26.2 Å². The first-order chi connectivity index (χ1) is 7.77. The molecule has 1 saturated heterocycles. The van der Waals surface area contributed by atoms with Crippen LogP contribution < -0.4 is 5.32 Å². The van der Waals surface area contributed by atoms with Gasteiger partial charge in [-0.3, -0.25) is 9.79 Å². The number of amides is 1. The zero-order chi connectivity index (χ0) is 11.4. The highest BCUT2D eigenvalue weighted by molar-refractivity contribution is 8.14. The first kappa shape index (κ1) is 11.8. The predicted molar refractivity (Wildman–Crippen MR) is 67.8 cm³/mol. The number of thioether (sulfide) groups is 1. The zero-order valence-electron chi connectivity index (χ0n) is 9.74. The molecule has 1 amide bonds. The van der Waals surface area contributed by atoms with Crippen molar-refractivity contribution in [3.8, 4) is 0 Å². The molecule has 5 heteroatoms. The highest BCUT2D eigenvalue weighted by Crippen LogP contribution is 2.18. The van der Waals surface area contributed by atoms with Gasteiger partial charge in [0.25, 0.3) is 0 Å². The van der Waals surface area contributed by atoms with Gasteiger partial charge >= 0.3 is 0 Å². The van der Waals surface area contributed by atoms with Gasteiger partial charge in [-0.15, -0.1) is 0 Å². The summed E-state index contributed by atoms with van der Waals surface area (Å²) in [5.41, 5.74) is 0. The van der Waals surface area contributed by atoms with Gasteiger partial charge in [-0.1, -0.05) is 11.8 Å². The van der Waals surface area contributed by atoms with E-state index in [-0.39, 0.29) is 5.91 Å². The van der Waals surface area contributed by atoms with Crippen molar-refractivity contribution in [1.82, 2.24) is 10.2 Å². The average Bonchev–Trinajstić information content (AvgIpc) is 2.79. The topological polar surface area (TPSA) is 44.7 Å².